The Morgan fingerprint density at radius 1 is 1.05 bits per heavy atom. The Balaban J connectivity index is 2.03. The summed E-state index contributed by atoms with van der Waals surface area (Å²) in [6.07, 6.45) is 1.70. The van der Waals surface area contributed by atoms with Gasteiger partial charge in [0.2, 0.25) is 0 Å². The van der Waals surface area contributed by atoms with Crippen LogP contribution in [0.15, 0.2) is 54.7 Å². The third-order valence-corrected chi connectivity index (χ3v) is 3.00. The van der Waals surface area contributed by atoms with Crippen molar-refractivity contribution in [2.45, 2.75) is 0 Å². The first-order valence-electron chi connectivity index (χ1n) is 5.71. The van der Waals surface area contributed by atoms with Gasteiger partial charge >= 0.3 is 0 Å². The van der Waals surface area contributed by atoms with Crippen LogP contribution >= 0.6 is 11.6 Å². The molecule has 4 heteroatoms. The van der Waals surface area contributed by atoms with Crippen LogP contribution in [0.3, 0.4) is 0 Å². The predicted molar refractivity (Wildman–Crippen MR) is 73.2 cm³/mol. The highest BCUT2D eigenvalue weighted by Gasteiger charge is 2.06. The van der Waals surface area contributed by atoms with E-state index in [4.69, 9.17) is 16.3 Å². The zero-order valence-electron chi connectivity index (χ0n) is 9.81. The second-order valence-corrected chi connectivity index (χ2v) is 4.42. The average molecular weight is 274 g/mol. The Bertz CT molecular complexity index is 740. The minimum atomic E-state index is -0.468. The van der Waals surface area contributed by atoms with Crippen molar-refractivity contribution in [2.75, 3.05) is 0 Å². The van der Waals surface area contributed by atoms with Gasteiger partial charge in [0.15, 0.2) is 5.75 Å². The van der Waals surface area contributed by atoms with Gasteiger partial charge in [0.25, 0.3) is 0 Å². The van der Waals surface area contributed by atoms with Crippen molar-refractivity contribution in [3.63, 3.8) is 0 Å². The molecule has 0 spiro atoms. The van der Waals surface area contributed by atoms with Crippen molar-refractivity contribution < 1.29 is 9.13 Å². The highest BCUT2D eigenvalue weighted by Crippen LogP contribution is 2.30. The van der Waals surface area contributed by atoms with E-state index >= 15 is 0 Å². The van der Waals surface area contributed by atoms with E-state index in [1.54, 1.807) is 6.20 Å². The van der Waals surface area contributed by atoms with Crippen molar-refractivity contribution in [2.24, 2.45) is 0 Å². The van der Waals surface area contributed by atoms with Crippen LogP contribution < -0.4 is 4.74 Å². The minimum absolute atomic E-state index is 0.0331. The number of hydrogen-bond donors (Lipinski definition) is 0. The van der Waals surface area contributed by atoms with Crippen molar-refractivity contribution in [3.8, 4) is 11.5 Å². The van der Waals surface area contributed by atoms with Gasteiger partial charge in [0.05, 0.1) is 5.02 Å². The molecule has 19 heavy (non-hydrogen) atoms. The number of hydrogen-bond acceptors (Lipinski definition) is 2. The normalized spacial score (nSPS) is 10.6. The lowest BCUT2D eigenvalue weighted by Crippen LogP contribution is -1.88. The van der Waals surface area contributed by atoms with E-state index in [9.17, 15) is 4.39 Å². The van der Waals surface area contributed by atoms with Crippen molar-refractivity contribution >= 4 is 22.5 Å². The zero-order valence-corrected chi connectivity index (χ0v) is 10.6. The van der Waals surface area contributed by atoms with Crippen molar-refractivity contribution in [1.82, 2.24) is 4.98 Å². The molecule has 0 N–H and O–H groups in total. The first-order chi connectivity index (χ1) is 9.24. The number of ether oxygens (including phenoxy) is 1. The third-order valence-electron chi connectivity index (χ3n) is 2.71. The molecule has 3 rings (SSSR count). The molecule has 0 fully saturated rings. The van der Waals surface area contributed by atoms with E-state index in [0.717, 1.165) is 10.9 Å². The molecule has 0 bridgehead atoms. The number of fused-ring (bicyclic) bond motifs is 1. The summed E-state index contributed by atoms with van der Waals surface area (Å²) in [5.74, 6) is 0.621. The van der Waals surface area contributed by atoms with Crippen molar-refractivity contribution in [3.05, 3.63) is 65.6 Å². The second kappa shape index (κ2) is 4.86. The monoisotopic (exact) mass is 273 g/mol. The third kappa shape index (κ3) is 2.37. The highest BCUT2D eigenvalue weighted by molar-refractivity contribution is 6.30. The standard InChI is InChI=1S/C15H9ClFNO/c16-12-9-11(6-7-13(12)17)19-14-5-1-3-10-4-2-8-18-15(10)14/h1-9H. The summed E-state index contributed by atoms with van der Waals surface area (Å²) in [7, 11) is 0. The first-order valence-corrected chi connectivity index (χ1v) is 6.08. The molecule has 0 saturated carbocycles. The van der Waals surface area contributed by atoms with Crippen LogP contribution in [0.25, 0.3) is 10.9 Å². The molecular weight excluding hydrogens is 265 g/mol. The van der Waals surface area contributed by atoms with Gasteiger partial charge in [-0.25, -0.2) is 4.39 Å². The van der Waals surface area contributed by atoms with Crippen LogP contribution in [-0.2, 0) is 0 Å². The number of pyridine rings is 1. The predicted octanol–water partition coefficient (Wildman–Crippen LogP) is 4.82. The van der Waals surface area contributed by atoms with Crippen LogP contribution in [-0.4, -0.2) is 4.98 Å². The summed E-state index contributed by atoms with van der Waals surface area (Å²) in [6, 6.07) is 13.7. The lowest BCUT2D eigenvalue weighted by Gasteiger charge is -2.08. The van der Waals surface area contributed by atoms with E-state index in [-0.39, 0.29) is 5.02 Å². The molecule has 0 aliphatic rings. The maximum absolute atomic E-state index is 13.1. The van der Waals surface area contributed by atoms with Crippen LogP contribution in [0.5, 0.6) is 11.5 Å². The summed E-state index contributed by atoms with van der Waals surface area (Å²) >= 11 is 5.73. The van der Waals surface area contributed by atoms with Gasteiger partial charge in [-0.3, -0.25) is 4.98 Å². The highest BCUT2D eigenvalue weighted by atomic mass is 35.5. The van der Waals surface area contributed by atoms with Gasteiger partial charge in [-0.05, 0) is 24.3 Å². The Morgan fingerprint density at radius 3 is 2.74 bits per heavy atom. The number of nitrogens with zero attached hydrogens (tertiary/aromatic N) is 1. The Hall–Kier alpha value is -2.13. The van der Waals surface area contributed by atoms with E-state index in [1.165, 1.54) is 18.2 Å². The summed E-state index contributed by atoms with van der Waals surface area (Å²) in [6.45, 7) is 0. The Kier molecular flexibility index (Phi) is 3.05. The van der Waals surface area contributed by atoms with E-state index in [1.807, 2.05) is 30.3 Å². The van der Waals surface area contributed by atoms with Gasteiger partial charge in [0.1, 0.15) is 17.1 Å². The fraction of sp³-hybridized carbons (Fsp3) is 0. The lowest BCUT2D eigenvalue weighted by atomic mass is 10.2. The number of halogens is 2. The quantitative estimate of drug-likeness (QED) is 0.668. The SMILES string of the molecule is Fc1ccc(Oc2cccc3cccnc23)cc1Cl. The fourth-order valence-electron chi connectivity index (χ4n) is 1.83. The molecule has 0 unspecified atom stereocenters. The smallest absolute Gasteiger partial charge is 0.153 e. The van der Waals surface area contributed by atoms with E-state index in [0.29, 0.717) is 11.5 Å². The molecule has 1 aromatic heterocycles. The van der Waals surface area contributed by atoms with Crippen molar-refractivity contribution in [1.29, 1.82) is 0 Å². The molecule has 0 aliphatic heterocycles. The molecule has 3 aromatic rings. The topological polar surface area (TPSA) is 22.1 Å². The summed E-state index contributed by atoms with van der Waals surface area (Å²) in [5, 5.41) is 1.01. The zero-order chi connectivity index (χ0) is 13.2. The summed E-state index contributed by atoms with van der Waals surface area (Å²) in [5.41, 5.74) is 0.755. The number of para-hydroxylation sites is 1. The number of rotatable bonds is 2. The molecule has 1 heterocycles. The molecule has 0 amide bonds. The number of benzene rings is 2. The summed E-state index contributed by atoms with van der Waals surface area (Å²) in [4.78, 5) is 4.29. The molecule has 2 nitrogen and oxygen atoms in total. The molecule has 0 saturated heterocycles. The van der Waals surface area contributed by atoms with Crippen LogP contribution in [0.1, 0.15) is 0 Å². The molecule has 94 valence electrons. The van der Waals surface area contributed by atoms with Gasteiger partial charge in [-0.1, -0.05) is 29.8 Å². The molecule has 2 aromatic carbocycles. The molecule has 0 radical (unpaired) electrons. The second-order valence-electron chi connectivity index (χ2n) is 4.01. The van der Waals surface area contributed by atoms with E-state index < -0.39 is 5.82 Å². The van der Waals surface area contributed by atoms with E-state index in [2.05, 4.69) is 4.98 Å². The Labute approximate surface area is 114 Å². The maximum Gasteiger partial charge on any atom is 0.153 e. The number of aromatic nitrogens is 1. The fourth-order valence-corrected chi connectivity index (χ4v) is 2.00. The first kappa shape index (κ1) is 11.9. The maximum atomic E-state index is 13.1. The van der Waals surface area contributed by atoms with Crippen LogP contribution in [0.2, 0.25) is 5.02 Å². The molecule has 0 aliphatic carbocycles. The van der Waals surface area contributed by atoms with Gasteiger partial charge in [0, 0.05) is 17.6 Å². The minimum Gasteiger partial charge on any atom is -0.455 e. The van der Waals surface area contributed by atoms with Gasteiger partial charge in [-0.2, -0.15) is 0 Å². The molecular formula is C15H9ClFNO. The van der Waals surface area contributed by atoms with Crippen LogP contribution in [0, 0.1) is 5.82 Å². The van der Waals surface area contributed by atoms with Gasteiger partial charge < -0.3 is 4.74 Å². The molecule has 0 atom stereocenters. The lowest BCUT2D eigenvalue weighted by molar-refractivity contribution is 0.485. The summed E-state index contributed by atoms with van der Waals surface area (Å²) < 4.78 is 18.8. The van der Waals surface area contributed by atoms with Gasteiger partial charge in [-0.15, -0.1) is 0 Å². The average Bonchev–Trinajstić information content (AvgIpc) is 2.43. The Morgan fingerprint density at radius 2 is 1.89 bits per heavy atom. The van der Waals surface area contributed by atoms with Crippen LogP contribution in [0.4, 0.5) is 4.39 Å². The largest absolute Gasteiger partial charge is 0.455 e.